The first kappa shape index (κ1) is 18.0. The highest BCUT2D eigenvalue weighted by molar-refractivity contribution is 5.77. The quantitative estimate of drug-likeness (QED) is 0.474. The van der Waals surface area contributed by atoms with E-state index in [1.54, 1.807) is 26.0 Å². The number of benzene rings is 3. The van der Waals surface area contributed by atoms with Crippen molar-refractivity contribution >= 4 is 17.1 Å². The molecule has 0 aliphatic rings. The first-order valence-electron chi connectivity index (χ1n) is 8.06. The van der Waals surface area contributed by atoms with Crippen LogP contribution in [0.4, 0.5) is 34.6 Å². The van der Waals surface area contributed by atoms with E-state index in [9.17, 15) is 17.6 Å². The molecule has 0 saturated heterocycles. The standard InChI is InChI=1S/C21H17F4N/c1-12-4-6-20(18(24)8-12)26(21-7-5-13(2)9-19(21)25)15-10-16(22)14(3)17(23)11-15/h4-11H,1-3H3. The van der Waals surface area contributed by atoms with Gasteiger partial charge in [0.05, 0.1) is 17.1 Å². The smallest absolute Gasteiger partial charge is 0.147 e. The van der Waals surface area contributed by atoms with Crippen LogP contribution < -0.4 is 4.90 Å². The third-order valence-electron chi connectivity index (χ3n) is 4.21. The molecule has 0 saturated carbocycles. The molecule has 0 spiro atoms. The zero-order chi connectivity index (χ0) is 19.0. The Bertz CT molecular complexity index is 907. The molecule has 3 aromatic carbocycles. The summed E-state index contributed by atoms with van der Waals surface area (Å²) in [4.78, 5) is 1.18. The van der Waals surface area contributed by atoms with Crippen molar-refractivity contribution in [1.29, 1.82) is 0 Å². The normalized spacial score (nSPS) is 10.9. The van der Waals surface area contributed by atoms with Gasteiger partial charge in [-0.3, -0.25) is 0 Å². The first-order chi connectivity index (χ1) is 12.3. The monoisotopic (exact) mass is 359 g/mol. The Balaban J connectivity index is 2.29. The lowest BCUT2D eigenvalue weighted by Gasteiger charge is -2.27. The highest BCUT2D eigenvalue weighted by Gasteiger charge is 2.21. The van der Waals surface area contributed by atoms with Crippen LogP contribution in [0.5, 0.6) is 0 Å². The maximum absolute atomic E-state index is 14.6. The van der Waals surface area contributed by atoms with Gasteiger partial charge in [-0.1, -0.05) is 12.1 Å². The molecule has 0 aliphatic heterocycles. The van der Waals surface area contributed by atoms with Gasteiger partial charge < -0.3 is 4.90 Å². The fourth-order valence-corrected chi connectivity index (χ4v) is 2.76. The van der Waals surface area contributed by atoms with Crippen LogP contribution in [0, 0.1) is 44.0 Å². The van der Waals surface area contributed by atoms with Crippen LogP contribution >= 0.6 is 0 Å². The number of nitrogens with zero attached hydrogens (tertiary/aromatic N) is 1. The fraction of sp³-hybridized carbons (Fsp3) is 0.143. The van der Waals surface area contributed by atoms with E-state index in [2.05, 4.69) is 0 Å². The minimum absolute atomic E-state index is 0.000932. The summed E-state index contributed by atoms with van der Waals surface area (Å²) in [6.45, 7) is 4.74. The lowest BCUT2D eigenvalue weighted by atomic mass is 10.1. The number of anilines is 3. The van der Waals surface area contributed by atoms with Crippen LogP contribution in [-0.4, -0.2) is 0 Å². The topological polar surface area (TPSA) is 3.24 Å². The Morgan fingerprint density at radius 1 is 0.577 bits per heavy atom. The molecule has 3 rings (SSSR count). The van der Waals surface area contributed by atoms with Gasteiger partial charge in [-0.15, -0.1) is 0 Å². The Morgan fingerprint density at radius 2 is 1.00 bits per heavy atom. The lowest BCUT2D eigenvalue weighted by molar-refractivity contribution is 0.567. The molecule has 0 heterocycles. The van der Waals surface area contributed by atoms with E-state index in [4.69, 9.17) is 0 Å². The molecule has 0 bridgehead atoms. The van der Waals surface area contributed by atoms with Crippen LogP contribution in [0.25, 0.3) is 0 Å². The molecule has 0 amide bonds. The SMILES string of the molecule is Cc1ccc(N(c2cc(F)c(C)c(F)c2)c2ccc(C)cc2F)c(F)c1. The zero-order valence-electron chi connectivity index (χ0n) is 14.6. The minimum Gasteiger partial charge on any atom is -0.305 e. The molecule has 0 aliphatic carbocycles. The third kappa shape index (κ3) is 3.29. The van der Waals surface area contributed by atoms with Gasteiger partial charge in [0.25, 0.3) is 0 Å². The van der Waals surface area contributed by atoms with E-state index in [0.717, 1.165) is 12.1 Å². The molecule has 26 heavy (non-hydrogen) atoms. The van der Waals surface area contributed by atoms with Gasteiger partial charge in [-0.05, 0) is 68.3 Å². The summed E-state index contributed by atoms with van der Waals surface area (Å²) in [5, 5.41) is 0. The van der Waals surface area contributed by atoms with Crippen molar-refractivity contribution in [1.82, 2.24) is 0 Å². The van der Waals surface area contributed by atoms with Crippen LogP contribution in [0.2, 0.25) is 0 Å². The second-order valence-corrected chi connectivity index (χ2v) is 6.28. The summed E-state index contributed by atoms with van der Waals surface area (Å²) in [6, 6.07) is 10.9. The average molecular weight is 359 g/mol. The van der Waals surface area contributed by atoms with Gasteiger partial charge >= 0.3 is 0 Å². The van der Waals surface area contributed by atoms with Gasteiger partial charge in [-0.2, -0.15) is 0 Å². The summed E-state index contributed by atoms with van der Waals surface area (Å²) >= 11 is 0. The van der Waals surface area contributed by atoms with Crippen molar-refractivity contribution in [3.63, 3.8) is 0 Å². The largest absolute Gasteiger partial charge is 0.305 e. The summed E-state index contributed by atoms with van der Waals surface area (Å²) in [7, 11) is 0. The molecular formula is C21H17F4N. The molecule has 0 unspecified atom stereocenters. The van der Waals surface area contributed by atoms with Crippen LogP contribution in [0.15, 0.2) is 48.5 Å². The Hall–Kier alpha value is -2.82. The third-order valence-corrected chi connectivity index (χ3v) is 4.21. The molecule has 0 atom stereocenters. The molecule has 3 aromatic rings. The van der Waals surface area contributed by atoms with Crippen LogP contribution in [-0.2, 0) is 0 Å². The van der Waals surface area contributed by atoms with Crippen molar-refractivity contribution < 1.29 is 17.6 Å². The number of halogens is 4. The molecule has 1 nitrogen and oxygen atoms in total. The van der Waals surface area contributed by atoms with Crippen molar-refractivity contribution in [3.05, 3.63) is 88.5 Å². The highest BCUT2D eigenvalue weighted by atomic mass is 19.1. The predicted octanol–water partition coefficient (Wildman–Crippen LogP) is 6.64. The lowest BCUT2D eigenvalue weighted by Crippen LogP contribution is -2.14. The van der Waals surface area contributed by atoms with Crippen molar-refractivity contribution in [2.24, 2.45) is 0 Å². The molecule has 0 fully saturated rings. The summed E-state index contributed by atoms with van der Waals surface area (Å²) < 4.78 is 57.4. The van der Waals surface area contributed by atoms with Crippen molar-refractivity contribution in [2.45, 2.75) is 20.8 Å². The van der Waals surface area contributed by atoms with Crippen molar-refractivity contribution in [2.75, 3.05) is 4.90 Å². The molecule has 0 aromatic heterocycles. The van der Waals surface area contributed by atoms with E-state index in [0.29, 0.717) is 11.1 Å². The van der Waals surface area contributed by atoms with Gasteiger partial charge in [0.2, 0.25) is 0 Å². The number of aryl methyl sites for hydroxylation is 2. The summed E-state index contributed by atoms with van der Waals surface area (Å²) in [5.41, 5.74) is 1.20. The molecule has 5 heteroatoms. The maximum Gasteiger partial charge on any atom is 0.147 e. The van der Waals surface area contributed by atoms with Gasteiger partial charge in [0.1, 0.15) is 23.3 Å². The van der Waals surface area contributed by atoms with E-state index in [1.165, 1.54) is 36.1 Å². The molecular weight excluding hydrogens is 342 g/mol. The Labute approximate surface area is 149 Å². The Morgan fingerprint density at radius 3 is 1.38 bits per heavy atom. The summed E-state index contributed by atoms with van der Waals surface area (Å²) in [6.07, 6.45) is 0. The average Bonchev–Trinajstić information content (AvgIpc) is 2.56. The van der Waals surface area contributed by atoms with Crippen molar-refractivity contribution in [3.8, 4) is 0 Å². The molecule has 134 valence electrons. The highest BCUT2D eigenvalue weighted by Crippen LogP contribution is 2.39. The van der Waals surface area contributed by atoms with Crippen LogP contribution in [0.1, 0.15) is 16.7 Å². The summed E-state index contributed by atoms with van der Waals surface area (Å²) in [5.74, 6) is -2.81. The Kier molecular flexibility index (Phi) is 4.72. The second kappa shape index (κ2) is 6.83. The molecule has 0 radical (unpaired) electrons. The van der Waals surface area contributed by atoms with Crippen LogP contribution in [0.3, 0.4) is 0 Å². The fourth-order valence-electron chi connectivity index (χ4n) is 2.76. The van der Waals surface area contributed by atoms with E-state index >= 15 is 0 Å². The number of hydrogen-bond donors (Lipinski definition) is 0. The number of hydrogen-bond acceptors (Lipinski definition) is 1. The maximum atomic E-state index is 14.6. The van der Waals surface area contributed by atoms with Gasteiger partial charge in [-0.25, -0.2) is 17.6 Å². The van der Waals surface area contributed by atoms with Gasteiger partial charge in [0.15, 0.2) is 0 Å². The first-order valence-corrected chi connectivity index (χ1v) is 8.06. The number of rotatable bonds is 3. The van der Waals surface area contributed by atoms with E-state index < -0.39 is 23.3 Å². The molecule has 0 N–H and O–H groups in total. The predicted molar refractivity (Wildman–Crippen MR) is 95.2 cm³/mol. The van der Waals surface area contributed by atoms with Gasteiger partial charge in [0, 0.05) is 5.56 Å². The van der Waals surface area contributed by atoms with E-state index in [1.807, 2.05) is 0 Å². The van der Waals surface area contributed by atoms with E-state index in [-0.39, 0.29) is 22.6 Å². The zero-order valence-corrected chi connectivity index (χ0v) is 14.6. The minimum atomic E-state index is -0.787. The second-order valence-electron chi connectivity index (χ2n) is 6.28.